The quantitative estimate of drug-likeness (QED) is 0.238. The Balaban J connectivity index is 1.25. The van der Waals surface area contributed by atoms with Gasteiger partial charge in [-0.3, -0.25) is 9.59 Å². The molecule has 0 saturated heterocycles. The zero-order valence-electron chi connectivity index (χ0n) is 22.1. The van der Waals surface area contributed by atoms with Crippen LogP contribution in [0.2, 0.25) is 10.2 Å². The highest BCUT2D eigenvalue weighted by molar-refractivity contribution is 6.32. The number of hydrogen-bond acceptors (Lipinski definition) is 6. The number of benzene rings is 3. The number of hydrogen-bond donors (Lipinski definition) is 2. The Morgan fingerprint density at radius 3 is 2.45 bits per heavy atom. The van der Waals surface area contributed by atoms with Gasteiger partial charge in [0, 0.05) is 35.3 Å². The van der Waals surface area contributed by atoms with Crippen LogP contribution in [0, 0.1) is 0 Å². The number of aromatic nitrogens is 6. The Kier molecular flexibility index (Phi) is 7.81. The molecule has 5 aromatic rings. The molecule has 0 radical (unpaired) electrons. The van der Waals surface area contributed by atoms with Crippen molar-refractivity contribution >= 4 is 41.1 Å². The Labute approximate surface area is 251 Å². The van der Waals surface area contributed by atoms with Gasteiger partial charge in [0.05, 0.1) is 18.2 Å². The third-order valence-electron chi connectivity index (χ3n) is 6.94. The van der Waals surface area contributed by atoms with E-state index in [4.69, 9.17) is 28.2 Å². The third-order valence-corrected chi connectivity index (χ3v) is 7.45. The first-order valence-corrected chi connectivity index (χ1v) is 13.9. The average molecular weight is 599 g/mol. The predicted octanol–water partition coefficient (Wildman–Crippen LogP) is 5.16. The number of nitrogens with zero attached hydrogens (tertiary/aromatic N) is 6. The molecule has 0 spiro atoms. The number of carbonyl (C=O) groups is 2. The molecule has 2 N–H and O–H groups in total. The van der Waals surface area contributed by atoms with Crippen LogP contribution in [-0.4, -0.2) is 46.9 Å². The van der Waals surface area contributed by atoms with E-state index >= 15 is 0 Å². The number of amides is 2. The molecule has 12 heteroatoms. The van der Waals surface area contributed by atoms with Crippen molar-refractivity contribution in [3.05, 3.63) is 118 Å². The van der Waals surface area contributed by atoms with Gasteiger partial charge < -0.3 is 15.2 Å². The van der Waals surface area contributed by atoms with Crippen molar-refractivity contribution in [1.29, 1.82) is 0 Å². The second-order valence-corrected chi connectivity index (χ2v) is 10.5. The van der Waals surface area contributed by atoms with Crippen LogP contribution in [0.1, 0.15) is 35.0 Å². The van der Waals surface area contributed by atoms with Crippen molar-refractivity contribution in [3.8, 4) is 16.9 Å². The first-order valence-electron chi connectivity index (χ1n) is 13.1. The fourth-order valence-corrected chi connectivity index (χ4v) is 5.30. The summed E-state index contributed by atoms with van der Waals surface area (Å²) < 4.78 is 1.47. The lowest BCUT2D eigenvalue weighted by Crippen LogP contribution is -2.34. The Morgan fingerprint density at radius 2 is 1.74 bits per heavy atom. The van der Waals surface area contributed by atoms with E-state index in [-0.39, 0.29) is 12.3 Å². The lowest BCUT2D eigenvalue weighted by Gasteiger charge is -2.20. The molecule has 1 aliphatic heterocycles. The van der Waals surface area contributed by atoms with Crippen LogP contribution in [0.3, 0.4) is 0 Å². The number of H-pyrrole nitrogens is 1. The van der Waals surface area contributed by atoms with Gasteiger partial charge in [-0.05, 0) is 45.8 Å². The molecule has 0 bridgehead atoms. The second-order valence-electron chi connectivity index (χ2n) is 9.73. The number of tetrazole rings is 1. The summed E-state index contributed by atoms with van der Waals surface area (Å²) in [5, 5.41) is 15.0. The van der Waals surface area contributed by atoms with Crippen LogP contribution in [-0.2, 0) is 22.7 Å². The highest BCUT2D eigenvalue weighted by atomic mass is 35.5. The maximum absolute atomic E-state index is 13.5. The molecule has 0 saturated carbocycles. The molecule has 210 valence electrons. The number of fused-ring (bicyclic) bond motifs is 1. The van der Waals surface area contributed by atoms with E-state index < -0.39 is 11.9 Å². The molecule has 0 unspecified atom stereocenters. The molecule has 0 aliphatic carbocycles. The van der Waals surface area contributed by atoms with Crippen LogP contribution < -0.4 is 5.32 Å². The largest absolute Gasteiger partial charge is 0.342 e. The van der Waals surface area contributed by atoms with Crippen molar-refractivity contribution in [2.24, 2.45) is 0 Å². The third kappa shape index (κ3) is 5.95. The minimum atomic E-state index is -0.772. The average Bonchev–Trinajstić information content (AvgIpc) is 3.76. The minimum Gasteiger partial charge on any atom is -0.342 e. The number of imidazole rings is 1. The van der Waals surface area contributed by atoms with E-state index in [1.54, 1.807) is 29.2 Å². The molecule has 2 amide bonds. The minimum absolute atomic E-state index is 0.0152. The Bertz CT molecular complexity index is 1740. The molecule has 42 heavy (non-hydrogen) atoms. The second kappa shape index (κ2) is 12.0. The summed E-state index contributed by atoms with van der Waals surface area (Å²) in [5.74, 6) is -0.179. The van der Waals surface area contributed by atoms with E-state index in [0.29, 0.717) is 46.0 Å². The first-order chi connectivity index (χ1) is 20.4. The molecule has 10 nitrogen and oxygen atoms in total. The van der Waals surface area contributed by atoms with Gasteiger partial charge in [-0.1, -0.05) is 77.8 Å². The van der Waals surface area contributed by atoms with Crippen molar-refractivity contribution in [2.45, 2.75) is 25.6 Å². The molecule has 1 atom stereocenters. The summed E-state index contributed by atoms with van der Waals surface area (Å²) in [6.07, 6.45) is 4.41. The topological polar surface area (TPSA) is 122 Å². The number of nitrogens with one attached hydrogen (secondary N) is 2. The van der Waals surface area contributed by atoms with E-state index in [1.807, 2.05) is 54.6 Å². The van der Waals surface area contributed by atoms with E-state index in [1.165, 1.54) is 17.1 Å². The molecule has 0 fully saturated rings. The van der Waals surface area contributed by atoms with Gasteiger partial charge in [0.15, 0.2) is 0 Å². The number of halogens is 2. The lowest BCUT2D eigenvalue weighted by molar-refractivity contribution is -0.132. The van der Waals surface area contributed by atoms with Gasteiger partial charge >= 0.3 is 0 Å². The van der Waals surface area contributed by atoms with Crippen molar-refractivity contribution < 1.29 is 9.59 Å². The van der Waals surface area contributed by atoms with E-state index in [2.05, 4.69) is 25.8 Å². The zero-order valence-corrected chi connectivity index (χ0v) is 23.6. The van der Waals surface area contributed by atoms with Crippen molar-refractivity contribution in [2.75, 3.05) is 0 Å². The fourth-order valence-electron chi connectivity index (χ4n) is 4.88. The van der Waals surface area contributed by atoms with Gasteiger partial charge in [0.2, 0.25) is 11.8 Å². The summed E-state index contributed by atoms with van der Waals surface area (Å²) in [7, 11) is 0. The van der Waals surface area contributed by atoms with Crippen molar-refractivity contribution in [1.82, 2.24) is 40.4 Å². The summed E-state index contributed by atoms with van der Waals surface area (Å²) in [6.45, 7) is 1.02. The van der Waals surface area contributed by atoms with Gasteiger partial charge in [-0.25, -0.2) is 4.98 Å². The Morgan fingerprint density at radius 1 is 1.00 bits per heavy atom. The smallest absolute Gasteiger partial charge is 0.244 e. The number of aromatic amines is 1. The highest BCUT2D eigenvalue weighted by Crippen LogP contribution is 2.30. The SMILES string of the molecule is O=C(/C=C/c1cc(Cl)ccc1-n1cnnn1)N[C@@H](CC(=O)N1Cc2ccccc2C1)c1nc(-c2ccccc2)c(Cl)[nH]1. The molecular formula is C30H24Cl2N8O2. The summed E-state index contributed by atoms with van der Waals surface area (Å²) in [4.78, 5) is 36.3. The van der Waals surface area contributed by atoms with Crippen molar-refractivity contribution in [3.63, 3.8) is 0 Å². The van der Waals surface area contributed by atoms with Crippen LogP contribution in [0.4, 0.5) is 0 Å². The molecule has 6 rings (SSSR count). The summed E-state index contributed by atoms with van der Waals surface area (Å²) >= 11 is 12.8. The van der Waals surface area contributed by atoms with Gasteiger partial charge in [-0.2, -0.15) is 4.68 Å². The predicted molar refractivity (Wildman–Crippen MR) is 158 cm³/mol. The van der Waals surface area contributed by atoms with Crippen LogP contribution in [0.15, 0.2) is 85.2 Å². The van der Waals surface area contributed by atoms with Gasteiger partial charge in [0.25, 0.3) is 0 Å². The maximum Gasteiger partial charge on any atom is 0.244 e. The standard InChI is InChI=1S/C30H24Cl2N8O2/c31-23-11-12-25(40-18-33-37-38-40)20(14-23)10-13-26(41)34-24(15-27(42)39-16-21-8-4-5-9-22(21)17-39)30-35-28(29(32)36-30)19-6-2-1-3-7-19/h1-14,18,24H,15-17H2,(H,34,41)(H,35,36)/b13-10+/t24-/m0/s1. The summed E-state index contributed by atoms with van der Waals surface area (Å²) in [5.41, 5.74) is 4.84. The molecular weight excluding hydrogens is 575 g/mol. The number of rotatable bonds is 8. The van der Waals surface area contributed by atoms with Crippen LogP contribution in [0.5, 0.6) is 0 Å². The first kappa shape index (κ1) is 27.4. The zero-order chi connectivity index (χ0) is 29.1. The van der Waals surface area contributed by atoms with Crippen LogP contribution in [0.25, 0.3) is 23.0 Å². The molecule has 3 heterocycles. The Hall–Kier alpha value is -4.80. The monoisotopic (exact) mass is 598 g/mol. The van der Waals surface area contributed by atoms with E-state index in [0.717, 1.165) is 16.7 Å². The van der Waals surface area contributed by atoms with Crippen LogP contribution >= 0.6 is 23.2 Å². The normalized spacial score (nSPS) is 13.3. The fraction of sp³-hybridized carbons (Fsp3) is 0.133. The highest BCUT2D eigenvalue weighted by Gasteiger charge is 2.28. The van der Waals surface area contributed by atoms with Gasteiger partial charge in [0.1, 0.15) is 23.0 Å². The lowest BCUT2D eigenvalue weighted by atomic mass is 10.1. The summed E-state index contributed by atoms with van der Waals surface area (Å²) in [6, 6.07) is 21.8. The maximum atomic E-state index is 13.5. The van der Waals surface area contributed by atoms with E-state index in [9.17, 15) is 9.59 Å². The molecule has 1 aliphatic rings. The molecule has 2 aromatic heterocycles. The number of carbonyl (C=O) groups excluding carboxylic acids is 2. The van der Waals surface area contributed by atoms with Gasteiger partial charge in [-0.15, -0.1) is 5.10 Å². The molecule has 3 aromatic carbocycles.